The van der Waals surface area contributed by atoms with Crippen molar-refractivity contribution >= 4 is 41.3 Å². The van der Waals surface area contributed by atoms with Crippen molar-refractivity contribution in [2.24, 2.45) is 0 Å². The molecule has 0 N–H and O–H groups in total. The van der Waals surface area contributed by atoms with E-state index in [1.165, 1.54) is 55.0 Å². The number of nitriles is 1. The summed E-state index contributed by atoms with van der Waals surface area (Å²) in [5.41, 5.74) is -3.06. The zero-order valence-corrected chi connectivity index (χ0v) is 17.5. The summed E-state index contributed by atoms with van der Waals surface area (Å²) in [6.45, 7) is 2.98. The fourth-order valence-electron chi connectivity index (χ4n) is 2.83. The summed E-state index contributed by atoms with van der Waals surface area (Å²) in [5.74, 6) is -0.845. The van der Waals surface area contributed by atoms with Gasteiger partial charge < -0.3 is 14.6 Å². The summed E-state index contributed by atoms with van der Waals surface area (Å²) in [5, 5.41) is 8.86. The van der Waals surface area contributed by atoms with Crippen LogP contribution in [-0.2, 0) is 11.0 Å². The van der Waals surface area contributed by atoms with E-state index in [1.807, 2.05) is 0 Å². The highest BCUT2D eigenvalue weighted by Crippen LogP contribution is 2.35. The molecule has 0 fully saturated rings. The summed E-state index contributed by atoms with van der Waals surface area (Å²) >= 11 is 5.43. The van der Waals surface area contributed by atoms with Crippen LogP contribution in [0.5, 0.6) is 0 Å². The van der Waals surface area contributed by atoms with E-state index in [1.54, 1.807) is 0 Å². The van der Waals surface area contributed by atoms with E-state index in [9.17, 15) is 27.2 Å². The Hall–Kier alpha value is -3.32. The number of carbonyl (C=O) groups excluding carboxylic acids is 2. The zero-order valence-electron chi connectivity index (χ0n) is 16.7. The van der Waals surface area contributed by atoms with Crippen LogP contribution in [0.1, 0.15) is 35.3 Å². The molecule has 0 heterocycles. The molecule has 0 unspecified atom stereocenters. The molecule has 2 rings (SSSR count). The zero-order chi connectivity index (χ0) is 23.6. The van der Waals surface area contributed by atoms with Gasteiger partial charge in [0.25, 0.3) is 0 Å². The summed E-state index contributed by atoms with van der Waals surface area (Å²) in [7, 11) is 1.38. The van der Waals surface area contributed by atoms with Gasteiger partial charge in [-0.05, 0) is 62.5 Å². The Labute approximate surface area is 181 Å². The number of halogens is 4. The topological polar surface area (TPSA) is 64.4 Å². The van der Waals surface area contributed by atoms with Crippen molar-refractivity contribution in [3.63, 3.8) is 0 Å². The second kappa shape index (κ2) is 8.81. The predicted molar refractivity (Wildman–Crippen MR) is 112 cm³/mol. The van der Waals surface area contributed by atoms with Crippen molar-refractivity contribution in [1.29, 1.82) is 5.26 Å². The van der Waals surface area contributed by atoms with E-state index in [4.69, 9.17) is 17.5 Å². The van der Waals surface area contributed by atoms with E-state index in [-0.39, 0.29) is 22.1 Å². The van der Waals surface area contributed by atoms with Crippen LogP contribution in [0.15, 0.2) is 36.4 Å². The molecule has 0 aliphatic rings. The maximum Gasteiger partial charge on any atom is 0.417 e. The Bertz CT molecular complexity index is 1080. The van der Waals surface area contributed by atoms with Gasteiger partial charge in [0.1, 0.15) is 12.1 Å². The number of aldehydes is 2. The number of hydrogen-bond donors (Lipinski definition) is 0. The Kier molecular flexibility index (Phi) is 6.81. The van der Waals surface area contributed by atoms with Crippen molar-refractivity contribution in [3.05, 3.63) is 58.9 Å². The van der Waals surface area contributed by atoms with Gasteiger partial charge >= 0.3 is 6.18 Å². The van der Waals surface area contributed by atoms with E-state index in [0.29, 0.717) is 12.6 Å². The summed E-state index contributed by atoms with van der Waals surface area (Å²) < 4.78 is 54.2. The second-order valence-electron chi connectivity index (χ2n) is 7.11. The second-order valence-corrected chi connectivity index (χ2v) is 7.48. The normalized spacial score (nSPS) is 11.4. The van der Waals surface area contributed by atoms with Crippen molar-refractivity contribution in [2.45, 2.75) is 25.6 Å². The van der Waals surface area contributed by atoms with Crippen LogP contribution in [0.3, 0.4) is 0 Å². The van der Waals surface area contributed by atoms with Gasteiger partial charge in [0, 0.05) is 18.4 Å². The molecule has 0 aliphatic heterocycles. The molecule has 0 saturated heterocycles. The van der Waals surface area contributed by atoms with Gasteiger partial charge in [-0.2, -0.15) is 18.4 Å². The number of alkyl halides is 3. The highest BCUT2D eigenvalue weighted by Gasteiger charge is 2.36. The third kappa shape index (κ3) is 4.88. The van der Waals surface area contributed by atoms with E-state index in [0.717, 1.165) is 18.2 Å². The van der Waals surface area contributed by atoms with Crippen LogP contribution in [-0.4, -0.2) is 30.3 Å². The lowest BCUT2D eigenvalue weighted by molar-refractivity contribution is -0.137. The Morgan fingerprint density at radius 2 is 1.71 bits per heavy atom. The first-order valence-corrected chi connectivity index (χ1v) is 9.18. The van der Waals surface area contributed by atoms with Gasteiger partial charge in [-0.3, -0.25) is 4.79 Å². The molecule has 31 heavy (non-hydrogen) atoms. The van der Waals surface area contributed by atoms with Crippen LogP contribution in [0.4, 0.5) is 28.9 Å². The number of carbonyl (C=O) groups is 2. The van der Waals surface area contributed by atoms with Crippen LogP contribution in [0.2, 0.25) is 0 Å². The lowest BCUT2D eigenvalue weighted by Crippen LogP contribution is -2.54. The minimum absolute atomic E-state index is 0.00741. The number of rotatable bonds is 5. The van der Waals surface area contributed by atoms with Crippen LogP contribution in [0, 0.1) is 17.1 Å². The summed E-state index contributed by atoms with van der Waals surface area (Å²) in [6, 6.07) is 8.16. The number of thiocarbonyl (C=S) groups is 1. The highest BCUT2D eigenvalue weighted by atomic mass is 32.1. The van der Waals surface area contributed by atoms with Crippen molar-refractivity contribution in [3.8, 4) is 6.07 Å². The minimum Gasteiger partial charge on any atom is -0.322 e. The van der Waals surface area contributed by atoms with E-state index < -0.39 is 28.7 Å². The third-order valence-electron chi connectivity index (χ3n) is 4.53. The van der Waals surface area contributed by atoms with Gasteiger partial charge in [0.05, 0.1) is 28.3 Å². The molecule has 0 bridgehead atoms. The lowest BCUT2D eigenvalue weighted by Gasteiger charge is -2.39. The Balaban J connectivity index is 2.58. The fraction of sp³-hybridized carbons (Fsp3) is 0.238. The fourth-order valence-corrected chi connectivity index (χ4v) is 3.27. The molecule has 0 aliphatic carbocycles. The largest absolute Gasteiger partial charge is 0.417 e. The summed E-state index contributed by atoms with van der Waals surface area (Å²) in [4.78, 5) is 25.1. The highest BCUT2D eigenvalue weighted by molar-refractivity contribution is 7.80. The molecular weight excluding hydrogens is 434 g/mol. The SMILES string of the molecule is CN(C(=S)N(c1ccc(C=O)c(F)c1)C(C)(C)C=O)c1ccc(C#N)c(C(F)(F)F)c1. The molecular formula is C21H17F4N3O2S. The van der Waals surface area contributed by atoms with Crippen molar-refractivity contribution < 1.29 is 27.2 Å². The molecule has 162 valence electrons. The molecule has 2 aromatic rings. The standard InChI is InChI=1S/C21H17F4N3O2S/c1-20(2,12-30)28(16-7-5-14(11-29)18(22)9-16)19(31)27(3)15-6-4-13(10-26)17(8-15)21(23,24)25/h4-9,11-12H,1-3H3. The van der Waals surface area contributed by atoms with Gasteiger partial charge in [-0.15, -0.1) is 0 Å². The number of hydrogen-bond acceptors (Lipinski definition) is 4. The molecule has 5 nitrogen and oxygen atoms in total. The van der Waals surface area contributed by atoms with Gasteiger partial charge in [0.2, 0.25) is 0 Å². The smallest absolute Gasteiger partial charge is 0.322 e. The van der Waals surface area contributed by atoms with Crippen LogP contribution in [0.25, 0.3) is 0 Å². The quantitative estimate of drug-likeness (QED) is 0.372. The van der Waals surface area contributed by atoms with Crippen LogP contribution >= 0.6 is 12.2 Å². The van der Waals surface area contributed by atoms with Gasteiger partial charge in [-0.25, -0.2) is 4.39 Å². The molecule has 0 atom stereocenters. The monoisotopic (exact) mass is 451 g/mol. The molecule has 10 heteroatoms. The van der Waals surface area contributed by atoms with Gasteiger partial charge in [0.15, 0.2) is 11.4 Å². The number of nitrogens with zero attached hydrogens (tertiary/aromatic N) is 3. The first-order chi connectivity index (χ1) is 14.4. The summed E-state index contributed by atoms with van der Waals surface area (Å²) in [6.07, 6.45) is -3.88. The molecule has 0 aromatic heterocycles. The molecule has 2 aromatic carbocycles. The molecule has 0 spiro atoms. The van der Waals surface area contributed by atoms with E-state index in [2.05, 4.69) is 0 Å². The van der Waals surface area contributed by atoms with Crippen molar-refractivity contribution in [2.75, 3.05) is 16.8 Å². The Morgan fingerprint density at radius 3 is 2.19 bits per heavy atom. The first kappa shape index (κ1) is 24.0. The maximum absolute atomic E-state index is 14.2. The first-order valence-electron chi connectivity index (χ1n) is 8.77. The van der Waals surface area contributed by atoms with Crippen LogP contribution < -0.4 is 9.80 Å². The maximum atomic E-state index is 14.2. The van der Waals surface area contributed by atoms with E-state index >= 15 is 0 Å². The predicted octanol–water partition coefficient (Wildman–Crippen LogP) is 4.73. The number of anilines is 2. The minimum atomic E-state index is -4.76. The average Bonchev–Trinajstić information content (AvgIpc) is 2.72. The molecule has 0 radical (unpaired) electrons. The molecule has 0 saturated carbocycles. The Morgan fingerprint density at radius 1 is 1.10 bits per heavy atom. The van der Waals surface area contributed by atoms with Crippen molar-refractivity contribution in [1.82, 2.24) is 0 Å². The average molecular weight is 451 g/mol. The lowest BCUT2D eigenvalue weighted by atomic mass is 10.0. The van der Waals surface area contributed by atoms with Gasteiger partial charge in [-0.1, -0.05) is 0 Å². The number of benzene rings is 2. The third-order valence-corrected chi connectivity index (χ3v) is 4.98. The molecule has 0 amide bonds.